The molecule has 0 radical (unpaired) electrons. The maximum absolute atomic E-state index is 12.3. The van der Waals surface area contributed by atoms with Crippen LogP contribution in [0.4, 0.5) is 5.82 Å². The second-order valence-electron chi connectivity index (χ2n) is 6.32. The van der Waals surface area contributed by atoms with Crippen molar-refractivity contribution in [3.05, 3.63) is 23.9 Å². The molecule has 0 aliphatic carbocycles. The van der Waals surface area contributed by atoms with Crippen molar-refractivity contribution in [2.75, 3.05) is 31.1 Å². The van der Waals surface area contributed by atoms with Crippen LogP contribution in [0.5, 0.6) is 0 Å². The van der Waals surface area contributed by atoms with E-state index in [0.29, 0.717) is 5.56 Å². The second-order valence-corrected chi connectivity index (χ2v) is 6.32. The smallest absolute Gasteiger partial charge is 0.253 e. The zero-order chi connectivity index (χ0) is 15.2. The summed E-state index contributed by atoms with van der Waals surface area (Å²) in [7, 11) is 0. The third-order valence-corrected chi connectivity index (χ3v) is 4.57. The van der Waals surface area contributed by atoms with Crippen molar-refractivity contribution in [1.82, 2.24) is 15.6 Å². The maximum Gasteiger partial charge on any atom is 0.253 e. The van der Waals surface area contributed by atoms with Crippen molar-refractivity contribution in [3.8, 4) is 0 Å². The summed E-state index contributed by atoms with van der Waals surface area (Å²) in [5, 5.41) is 6.40. The minimum absolute atomic E-state index is 0.0105. The molecular formula is C17H26N4O. The van der Waals surface area contributed by atoms with Crippen LogP contribution in [0, 0.1) is 0 Å². The van der Waals surface area contributed by atoms with Gasteiger partial charge in [0.15, 0.2) is 0 Å². The summed E-state index contributed by atoms with van der Waals surface area (Å²) in [5.41, 5.74) is 0.657. The van der Waals surface area contributed by atoms with Gasteiger partial charge in [-0.3, -0.25) is 4.79 Å². The lowest BCUT2D eigenvalue weighted by Gasteiger charge is -2.24. The first-order chi connectivity index (χ1) is 10.8. The number of anilines is 1. The fourth-order valence-electron chi connectivity index (χ4n) is 3.25. The Kier molecular flexibility index (Phi) is 5.27. The highest BCUT2D eigenvalue weighted by atomic mass is 16.1. The number of pyridine rings is 1. The third-order valence-electron chi connectivity index (χ3n) is 4.57. The molecule has 2 aliphatic rings. The van der Waals surface area contributed by atoms with Gasteiger partial charge in [-0.05, 0) is 44.4 Å². The number of hydrogen-bond donors (Lipinski definition) is 2. The molecule has 2 saturated heterocycles. The van der Waals surface area contributed by atoms with Crippen molar-refractivity contribution in [2.24, 2.45) is 0 Å². The van der Waals surface area contributed by atoms with Crippen LogP contribution in [0.3, 0.4) is 0 Å². The molecule has 120 valence electrons. The summed E-state index contributed by atoms with van der Waals surface area (Å²) >= 11 is 0. The zero-order valence-electron chi connectivity index (χ0n) is 13.2. The molecule has 1 amide bonds. The van der Waals surface area contributed by atoms with Gasteiger partial charge >= 0.3 is 0 Å². The Morgan fingerprint density at radius 1 is 1.18 bits per heavy atom. The summed E-state index contributed by atoms with van der Waals surface area (Å²) in [6.45, 7) is 4.07. The summed E-state index contributed by atoms with van der Waals surface area (Å²) in [4.78, 5) is 19.1. The van der Waals surface area contributed by atoms with Crippen LogP contribution < -0.4 is 15.5 Å². The lowest BCUT2D eigenvalue weighted by molar-refractivity contribution is 0.0930. The number of carbonyl (C=O) groups excluding carboxylic acids is 1. The van der Waals surface area contributed by atoms with Gasteiger partial charge in [0.2, 0.25) is 0 Å². The Hall–Kier alpha value is -1.62. The van der Waals surface area contributed by atoms with Gasteiger partial charge in [0, 0.05) is 31.9 Å². The molecule has 5 heteroatoms. The predicted octanol–water partition coefficient (Wildman–Crippen LogP) is 1.94. The van der Waals surface area contributed by atoms with Gasteiger partial charge < -0.3 is 15.5 Å². The quantitative estimate of drug-likeness (QED) is 0.896. The Morgan fingerprint density at radius 3 is 2.64 bits per heavy atom. The molecular weight excluding hydrogens is 276 g/mol. The van der Waals surface area contributed by atoms with E-state index in [1.165, 1.54) is 25.7 Å². The van der Waals surface area contributed by atoms with E-state index in [9.17, 15) is 4.79 Å². The summed E-state index contributed by atoms with van der Waals surface area (Å²) in [6.07, 6.45) is 8.98. The van der Waals surface area contributed by atoms with Gasteiger partial charge in [-0.15, -0.1) is 0 Å². The highest BCUT2D eigenvalue weighted by Crippen LogP contribution is 2.17. The molecule has 22 heavy (non-hydrogen) atoms. The van der Waals surface area contributed by atoms with E-state index in [2.05, 4.69) is 20.5 Å². The molecule has 2 N–H and O–H groups in total. The van der Waals surface area contributed by atoms with Crippen molar-refractivity contribution in [2.45, 2.75) is 44.6 Å². The van der Waals surface area contributed by atoms with E-state index in [0.717, 1.165) is 44.8 Å². The topological polar surface area (TPSA) is 57.3 Å². The number of hydrogen-bond acceptors (Lipinski definition) is 4. The first-order valence-electron chi connectivity index (χ1n) is 8.55. The number of carbonyl (C=O) groups is 1. The SMILES string of the molecule is O=C(NC1CCCNC1)c1ccc(N2CCCCCC2)nc1. The van der Waals surface area contributed by atoms with E-state index < -0.39 is 0 Å². The van der Waals surface area contributed by atoms with Gasteiger partial charge in [-0.2, -0.15) is 0 Å². The third kappa shape index (κ3) is 3.97. The summed E-state index contributed by atoms with van der Waals surface area (Å²) in [5.74, 6) is 0.987. The number of piperidine rings is 1. The molecule has 1 atom stereocenters. The van der Waals surface area contributed by atoms with E-state index in [4.69, 9.17) is 0 Å². The van der Waals surface area contributed by atoms with Crippen LogP contribution in [0.25, 0.3) is 0 Å². The number of rotatable bonds is 3. The molecule has 2 aliphatic heterocycles. The summed E-state index contributed by atoms with van der Waals surface area (Å²) < 4.78 is 0. The average Bonchev–Trinajstić information content (AvgIpc) is 2.85. The van der Waals surface area contributed by atoms with Crippen LogP contribution in [-0.4, -0.2) is 43.1 Å². The van der Waals surface area contributed by atoms with Gasteiger partial charge in [0.25, 0.3) is 5.91 Å². The Balaban J connectivity index is 1.59. The molecule has 3 rings (SSSR count). The first-order valence-corrected chi connectivity index (χ1v) is 8.55. The van der Waals surface area contributed by atoms with Gasteiger partial charge in [0.1, 0.15) is 5.82 Å². The Morgan fingerprint density at radius 2 is 2.00 bits per heavy atom. The van der Waals surface area contributed by atoms with Crippen molar-refractivity contribution in [3.63, 3.8) is 0 Å². The minimum atomic E-state index is -0.0105. The monoisotopic (exact) mass is 302 g/mol. The predicted molar refractivity (Wildman–Crippen MR) is 88.3 cm³/mol. The van der Waals surface area contributed by atoms with Crippen molar-refractivity contribution >= 4 is 11.7 Å². The molecule has 0 aromatic carbocycles. The molecule has 2 fully saturated rings. The van der Waals surface area contributed by atoms with Gasteiger partial charge in [-0.25, -0.2) is 4.98 Å². The van der Waals surface area contributed by atoms with Crippen LogP contribution in [0.2, 0.25) is 0 Å². The van der Waals surface area contributed by atoms with Crippen LogP contribution in [-0.2, 0) is 0 Å². The van der Waals surface area contributed by atoms with Gasteiger partial charge in [-0.1, -0.05) is 12.8 Å². The average molecular weight is 302 g/mol. The van der Waals surface area contributed by atoms with Gasteiger partial charge in [0.05, 0.1) is 5.56 Å². The van der Waals surface area contributed by atoms with Crippen LogP contribution >= 0.6 is 0 Å². The van der Waals surface area contributed by atoms with E-state index in [1.807, 2.05) is 12.1 Å². The molecule has 0 saturated carbocycles. The molecule has 1 aromatic rings. The van der Waals surface area contributed by atoms with Crippen LogP contribution in [0.15, 0.2) is 18.3 Å². The van der Waals surface area contributed by atoms with E-state index in [1.54, 1.807) is 6.20 Å². The standard InChI is InChI=1S/C17H26N4O/c22-17(20-15-6-5-9-18-13-15)14-7-8-16(19-12-14)21-10-3-1-2-4-11-21/h7-8,12,15,18H,1-6,9-11,13H2,(H,20,22). The highest BCUT2D eigenvalue weighted by molar-refractivity contribution is 5.94. The normalized spacial score (nSPS) is 22.9. The lowest BCUT2D eigenvalue weighted by atomic mass is 10.1. The second kappa shape index (κ2) is 7.58. The molecule has 1 unspecified atom stereocenters. The highest BCUT2D eigenvalue weighted by Gasteiger charge is 2.17. The number of amides is 1. The van der Waals surface area contributed by atoms with Crippen molar-refractivity contribution < 1.29 is 4.79 Å². The maximum atomic E-state index is 12.3. The molecule has 1 aromatic heterocycles. The fraction of sp³-hybridized carbons (Fsp3) is 0.647. The summed E-state index contributed by atoms with van der Waals surface area (Å²) in [6, 6.07) is 4.13. The number of nitrogens with zero attached hydrogens (tertiary/aromatic N) is 2. The number of aromatic nitrogens is 1. The first kappa shape index (κ1) is 15.3. The lowest BCUT2D eigenvalue weighted by Crippen LogP contribution is -2.45. The largest absolute Gasteiger partial charge is 0.357 e. The minimum Gasteiger partial charge on any atom is -0.357 e. The molecule has 0 bridgehead atoms. The van der Waals surface area contributed by atoms with Crippen LogP contribution in [0.1, 0.15) is 48.9 Å². The van der Waals surface area contributed by atoms with Crippen molar-refractivity contribution in [1.29, 1.82) is 0 Å². The fourth-order valence-corrected chi connectivity index (χ4v) is 3.25. The zero-order valence-corrected chi connectivity index (χ0v) is 13.2. The Bertz CT molecular complexity index is 474. The molecule has 5 nitrogen and oxygen atoms in total. The molecule has 0 spiro atoms. The number of nitrogens with one attached hydrogen (secondary N) is 2. The molecule has 3 heterocycles. The Labute approximate surface area is 132 Å². The van der Waals surface area contributed by atoms with E-state index in [-0.39, 0.29) is 11.9 Å². The van der Waals surface area contributed by atoms with E-state index >= 15 is 0 Å².